The van der Waals surface area contributed by atoms with Gasteiger partial charge in [0, 0.05) is 37.3 Å². The monoisotopic (exact) mass is 628 g/mol. The van der Waals surface area contributed by atoms with E-state index in [0.717, 1.165) is 48.4 Å². The predicted octanol–water partition coefficient (Wildman–Crippen LogP) is 7.29. The number of hydrogen-bond acceptors (Lipinski definition) is 3. The van der Waals surface area contributed by atoms with E-state index in [1.54, 1.807) is 0 Å². The van der Waals surface area contributed by atoms with E-state index in [2.05, 4.69) is 73.6 Å². The lowest BCUT2D eigenvalue weighted by Gasteiger charge is -2.12. The predicted molar refractivity (Wildman–Crippen MR) is 146 cm³/mol. The van der Waals surface area contributed by atoms with Crippen LogP contribution in [0.5, 0.6) is 0 Å². The van der Waals surface area contributed by atoms with Crippen LogP contribution in [-0.2, 0) is 17.9 Å². The molecule has 1 aliphatic heterocycles. The molecule has 0 radical (unpaired) electrons. The molecule has 7 heteroatoms. The highest BCUT2D eigenvalue weighted by Crippen LogP contribution is 2.35. The number of halogens is 2. The summed E-state index contributed by atoms with van der Waals surface area (Å²) in [5.41, 5.74) is 4.14. The minimum atomic E-state index is -0.242. The maximum atomic E-state index is 13.1. The van der Waals surface area contributed by atoms with Crippen LogP contribution in [0.3, 0.4) is 0 Å². The van der Waals surface area contributed by atoms with E-state index < -0.39 is 0 Å². The SMILES string of the molecule is O=C1S/C(=C\c2cn(Cc3ccc(Br)cc3)c3ccccc23)C(=O)N1Cc1ccc(I)cc1. The van der Waals surface area contributed by atoms with Gasteiger partial charge in [0.05, 0.1) is 11.4 Å². The van der Waals surface area contributed by atoms with Gasteiger partial charge in [-0.2, -0.15) is 0 Å². The third kappa shape index (κ3) is 4.81. The zero-order valence-electron chi connectivity index (χ0n) is 17.4. The number of imide groups is 1. The fourth-order valence-electron chi connectivity index (χ4n) is 3.86. The third-order valence-electron chi connectivity index (χ3n) is 5.50. The molecule has 0 saturated carbocycles. The maximum Gasteiger partial charge on any atom is 0.293 e. The molecule has 33 heavy (non-hydrogen) atoms. The van der Waals surface area contributed by atoms with Crippen molar-refractivity contribution in [1.82, 2.24) is 9.47 Å². The fraction of sp³-hybridized carbons (Fsp3) is 0.0769. The molecule has 0 atom stereocenters. The summed E-state index contributed by atoms with van der Waals surface area (Å²) in [7, 11) is 0. The van der Waals surface area contributed by atoms with Crippen molar-refractivity contribution in [3.63, 3.8) is 0 Å². The lowest BCUT2D eigenvalue weighted by atomic mass is 10.1. The van der Waals surface area contributed by atoms with Gasteiger partial charge in [0.15, 0.2) is 0 Å². The second kappa shape index (κ2) is 9.48. The molecule has 1 saturated heterocycles. The van der Waals surface area contributed by atoms with Gasteiger partial charge in [-0.1, -0.05) is 58.4 Å². The Morgan fingerprint density at radius 2 is 1.55 bits per heavy atom. The zero-order valence-corrected chi connectivity index (χ0v) is 21.9. The summed E-state index contributed by atoms with van der Waals surface area (Å²) in [6, 6.07) is 24.2. The molecular weight excluding hydrogens is 611 g/mol. The van der Waals surface area contributed by atoms with Crippen molar-refractivity contribution in [2.24, 2.45) is 0 Å². The van der Waals surface area contributed by atoms with Crippen LogP contribution in [0.1, 0.15) is 16.7 Å². The number of carbonyl (C=O) groups excluding carboxylic acids is 2. The Bertz CT molecular complexity index is 1390. The summed E-state index contributed by atoms with van der Waals surface area (Å²) >= 11 is 6.72. The highest BCUT2D eigenvalue weighted by atomic mass is 127. The van der Waals surface area contributed by atoms with Gasteiger partial charge in [-0.15, -0.1) is 0 Å². The number of hydrogen-bond donors (Lipinski definition) is 0. The Morgan fingerprint density at radius 3 is 2.30 bits per heavy atom. The molecule has 164 valence electrons. The van der Waals surface area contributed by atoms with Crippen LogP contribution < -0.4 is 0 Å². The van der Waals surface area contributed by atoms with Crippen LogP contribution in [-0.4, -0.2) is 20.6 Å². The number of fused-ring (bicyclic) bond motifs is 1. The number of thioether (sulfide) groups is 1. The summed E-state index contributed by atoms with van der Waals surface area (Å²) in [6.07, 6.45) is 3.90. The molecule has 0 spiro atoms. The van der Waals surface area contributed by atoms with Gasteiger partial charge in [0.25, 0.3) is 11.1 Å². The molecule has 1 aromatic heterocycles. The average Bonchev–Trinajstić information content (AvgIpc) is 3.29. The molecule has 3 aromatic carbocycles. The van der Waals surface area contributed by atoms with Gasteiger partial charge in [0.2, 0.25) is 0 Å². The van der Waals surface area contributed by atoms with Crippen molar-refractivity contribution in [3.8, 4) is 0 Å². The molecule has 5 rings (SSSR count). The largest absolute Gasteiger partial charge is 0.342 e. The van der Waals surface area contributed by atoms with Crippen molar-refractivity contribution in [1.29, 1.82) is 0 Å². The van der Waals surface area contributed by atoms with Crippen LogP contribution in [0.2, 0.25) is 0 Å². The summed E-state index contributed by atoms with van der Waals surface area (Å²) in [6.45, 7) is 1.00. The van der Waals surface area contributed by atoms with Crippen molar-refractivity contribution >= 4 is 78.4 Å². The van der Waals surface area contributed by atoms with E-state index >= 15 is 0 Å². The fourth-order valence-corrected chi connectivity index (χ4v) is 5.31. The van der Waals surface area contributed by atoms with Crippen molar-refractivity contribution < 1.29 is 9.59 Å². The molecule has 0 aliphatic carbocycles. The summed E-state index contributed by atoms with van der Waals surface area (Å²) < 4.78 is 4.34. The van der Waals surface area contributed by atoms with Crippen LogP contribution in [0.25, 0.3) is 17.0 Å². The van der Waals surface area contributed by atoms with E-state index in [1.165, 1.54) is 10.5 Å². The zero-order chi connectivity index (χ0) is 22.9. The Labute approximate surface area is 217 Å². The number of carbonyl (C=O) groups is 2. The first-order valence-corrected chi connectivity index (χ1v) is 13.0. The van der Waals surface area contributed by atoms with Gasteiger partial charge < -0.3 is 4.57 Å². The summed E-state index contributed by atoms with van der Waals surface area (Å²) in [5, 5.41) is 0.822. The van der Waals surface area contributed by atoms with Crippen molar-refractivity contribution in [3.05, 3.63) is 109 Å². The quantitative estimate of drug-likeness (QED) is 0.172. The van der Waals surface area contributed by atoms with Crippen LogP contribution >= 0.6 is 50.3 Å². The number of rotatable bonds is 5. The minimum Gasteiger partial charge on any atom is -0.342 e. The van der Waals surface area contributed by atoms with Gasteiger partial charge in [0.1, 0.15) is 0 Å². The number of nitrogens with zero attached hydrogens (tertiary/aromatic N) is 2. The molecule has 1 aliphatic rings. The number of para-hydroxylation sites is 1. The van der Waals surface area contributed by atoms with Gasteiger partial charge in [-0.3, -0.25) is 14.5 Å². The average molecular weight is 629 g/mol. The lowest BCUT2D eigenvalue weighted by Crippen LogP contribution is -2.27. The van der Waals surface area contributed by atoms with Crippen LogP contribution in [0.4, 0.5) is 4.79 Å². The summed E-state index contributed by atoms with van der Waals surface area (Å²) in [4.78, 5) is 27.4. The molecule has 0 bridgehead atoms. The highest BCUT2D eigenvalue weighted by Gasteiger charge is 2.35. The van der Waals surface area contributed by atoms with E-state index in [1.807, 2.05) is 54.6 Å². The smallest absolute Gasteiger partial charge is 0.293 e. The third-order valence-corrected chi connectivity index (χ3v) is 7.65. The van der Waals surface area contributed by atoms with Crippen LogP contribution in [0, 0.1) is 3.57 Å². The standard InChI is InChI=1S/C26H18BrIN2O2S/c27-20-9-5-17(6-10-20)14-29-16-19(22-3-1-2-4-23(22)29)13-24-25(31)30(26(32)33-24)15-18-7-11-21(28)12-8-18/h1-13,16H,14-15H2/b24-13-. The number of aromatic nitrogens is 1. The van der Waals surface area contributed by atoms with E-state index in [-0.39, 0.29) is 17.7 Å². The second-order valence-electron chi connectivity index (χ2n) is 7.75. The molecule has 2 amide bonds. The Balaban J connectivity index is 1.45. The molecule has 4 aromatic rings. The first kappa shape index (κ1) is 22.4. The van der Waals surface area contributed by atoms with Crippen LogP contribution in [0.15, 0.2) is 88.4 Å². The van der Waals surface area contributed by atoms with Gasteiger partial charge in [-0.25, -0.2) is 0 Å². The van der Waals surface area contributed by atoms with E-state index in [9.17, 15) is 9.59 Å². The number of benzene rings is 3. The molecular formula is C26H18BrIN2O2S. The lowest BCUT2D eigenvalue weighted by molar-refractivity contribution is -0.123. The Morgan fingerprint density at radius 1 is 0.879 bits per heavy atom. The van der Waals surface area contributed by atoms with E-state index in [4.69, 9.17) is 0 Å². The topological polar surface area (TPSA) is 42.3 Å². The first-order chi connectivity index (χ1) is 16.0. The van der Waals surface area contributed by atoms with Gasteiger partial charge >= 0.3 is 0 Å². The normalized spacial score (nSPS) is 15.2. The maximum absolute atomic E-state index is 13.1. The van der Waals surface area contributed by atoms with Crippen molar-refractivity contribution in [2.45, 2.75) is 13.1 Å². The second-order valence-corrected chi connectivity index (χ2v) is 10.9. The molecule has 0 unspecified atom stereocenters. The highest BCUT2D eigenvalue weighted by molar-refractivity contribution is 14.1. The molecule has 2 heterocycles. The molecule has 4 nitrogen and oxygen atoms in total. The van der Waals surface area contributed by atoms with E-state index in [0.29, 0.717) is 4.91 Å². The summed E-state index contributed by atoms with van der Waals surface area (Å²) in [5.74, 6) is -0.242. The molecule has 1 fully saturated rings. The first-order valence-electron chi connectivity index (χ1n) is 10.3. The Hall–Kier alpha value is -2.36. The van der Waals surface area contributed by atoms with Gasteiger partial charge in [-0.05, 0) is 81.9 Å². The Kier molecular flexibility index (Phi) is 6.44. The minimum absolute atomic E-state index is 0.233. The van der Waals surface area contributed by atoms with Crippen molar-refractivity contribution in [2.75, 3.05) is 0 Å². The number of amides is 2. The molecule has 0 N–H and O–H groups in total.